The molecule has 0 unspecified atom stereocenters. The fourth-order valence-corrected chi connectivity index (χ4v) is 1.55. The summed E-state index contributed by atoms with van der Waals surface area (Å²) in [6.45, 7) is 0.428. The molecule has 104 valence electrons. The van der Waals surface area contributed by atoms with Crippen molar-refractivity contribution in [2.45, 2.75) is 0 Å². The predicted molar refractivity (Wildman–Crippen MR) is 71.9 cm³/mol. The molecule has 0 aliphatic carbocycles. The predicted octanol–water partition coefficient (Wildman–Crippen LogP) is 1.79. The van der Waals surface area contributed by atoms with Gasteiger partial charge in [0.15, 0.2) is 0 Å². The molecule has 5 heteroatoms. The van der Waals surface area contributed by atoms with Crippen molar-refractivity contribution in [2.24, 2.45) is 0 Å². The van der Waals surface area contributed by atoms with Crippen LogP contribution in [-0.2, 0) is 0 Å². The topological polar surface area (TPSA) is 70.6 Å². The van der Waals surface area contributed by atoms with Crippen LogP contribution in [0.4, 0.5) is 4.79 Å². The highest BCUT2D eigenvalue weighted by Crippen LogP contribution is 2.23. The van der Waals surface area contributed by atoms with Gasteiger partial charge in [-0.3, -0.25) is 0 Å². The molecule has 0 saturated carbocycles. The molecule has 0 saturated heterocycles. The Morgan fingerprint density at radius 1 is 0.950 bits per heavy atom. The zero-order valence-corrected chi connectivity index (χ0v) is 10.7. The number of carbonyl (C=O) groups excluding carboxylic acids is 1. The van der Waals surface area contributed by atoms with Gasteiger partial charge in [0.05, 0.1) is 6.54 Å². The minimum absolute atomic E-state index is 0.185. The van der Waals surface area contributed by atoms with E-state index >= 15 is 0 Å². The molecule has 0 aliphatic rings. The monoisotopic (exact) mass is 272 g/mol. The van der Waals surface area contributed by atoms with Gasteiger partial charge in [-0.1, -0.05) is 18.2 Å². The van der Waals surface area contributed by atoms with Crippen molar-refractivity contribution in [1.29, 1.82) is 0 Å². The van der Waals surface area contributed by atoms with E-state index < -0.39 is 6.09 Å². The summed E-state index contributed by atoms with van der Waals surface area (Å²) >= 11 is 0. The number of hydrogen-bond donors (Lipinski definition) is 1. The first-order valence-corrected chi connectivity index (χ1v) is 6.14. The molecule has 20 heavy (non-hydrogen) atoms. The summed E-state index contributed by atoms with van der Waals surface area (Å²) in [5.74, 6) is 2.11. The van der Waals surface area contributed by atoms with E-state index in [4.69, 9.17) is 9.47 Å². The molecule has 0 radical (unpaired) electrons. The Hall–Kier alpha value is -2.69. The van der Waals surface area contributed by atoms with Gasteiger partial charge in [0.25, 0.3) is 0 Å². The summed E-state index contributed by atoms with van der Waals surface area (Å²) in [6.07, 6.45) is -1.31. The molecule has 1 N–H and O–H groups in total. The fourth-order valence-electron chi connectivity index (χ4n) is 1.55. The van der Waals surface area contributed by atoms with Gasteiger partial charge in [0.1, 0.15) is 29.9 Å². The van der Waals surface area contributed by atoms with E-state index in [2.05, 4.69) is 5.32 Å². The number of benzene rings is 2. The molecule has 2 rings (SSSR count). The van der Waals surface area contributed by atoms with Crippen LogP contribution in [0.15, 0.2) is 54.6 Å². The van der Waals surface area contributed by atoms with E-state index in [1.807, 2.05) is 30.3 Å². The largest absolute Gasteiger partial charge is 0.530 e. The lowest BCUT2D eigenvalue weighted by molar-refractivity contribution is -0.250. The summed E-state index contributed by atoms with van der Waals surface area (Å²) in [6, 6.07) is 16.6. The molecule has 0 aromatic heterocycles. The maximum absolute atomic E-state index is 10.1. The maximum Gasteiger partial charge on any atom is 0.134 e. The molecule has 0 fully saturated rings. The lowest BCUT2D eigenvalue weighted by Crippen LogP contribution is -2.38. The highest BCUT2D eigenvalue weighted by atomic mass is 16.5. The molecule has 0 heterocycles. The molecule has 0 spiro atoms. The van der Waals surface area contributed by atoms with Gasteiger partial charge < -0.3 is 24.7 Å². The number of rotatable bonds is 6. The van der Waals surface area contributed by atoms with Gasteiger partial charge in [0.2, 0.25) is 0 Å². The lowest BCUT2D eigenvalue weighted by atomic mass is 10.3. The summed E-state index contributed by atoms with van der Waals surface area (Å²) < 4.78 is 11.0. The molecule has 1 amide bonds. The van der Waals surface area contributed by atoms with Gasteiger partial charge in [-0.15, -0.1) is 0 Å². The first-order valence-electron chi connectivity index (χ1n) is 6.14. The van der Waals surface area contributed by atoms with E-state index in [-0.39, 0.29) is 13.2 Å². The summed E-state index contributed by atoms with van der Waals surface area (Å²) in [4.78, 5) is 10.1. The zero-order chi connectivity index (χ0) is 14.2. The van der Waals surface area contributed by atoms with Crippen molar-refractivity contribution in [3.63, 3.8) is 0 Å². The van der Waals surface area contributed by atoms with Crippen molar-refractivity contribution in [1.82, 2.24) is 5.32 Å². The fraction of sp³-hybridized carbons (Fsp3) is 0.133. The second-order valence-corrected chi connectivity index (χ2v) is 3.95. The number of nitrogens with one attached hydrogen (secondary N) is 1. The van der Waals surface area contributed by atoms with E-state index in [1.165, 1.54) is 0 Å². The highest BCUT2D eigenvalue weighted by molar-refractivity contribution is 5.61. The number of carbonyl (C=O) groups is 1. The Balaban J connectivity index is 1.82. The second kappa shape index (κ2) is 7.04. The van der Waals surface area contributed by atoms with Crippen molar-refractivity contribution < 1.29 is 19.4 Å². The minimum atomic E-state index is -1.31. The smallest absolute Gasteiger partial charge is 0.134 e. The molecule has 2 aromatic carbocycles. The number of amides is 1. The summed E-state index contributed by atoms with van der Waals surface area (Å²) in [7, 11) is 0. The third-order valence-corrected chi connectivity index (χ3v) is 2.44. The molecule has 0 aliphatic heterocycles. The Morgan fingerprint density at radius 2 is 1.55 bits per heavy atom. The quantitative estimate of drug-likeness (QED) is 0.814. The number of hydrogen-bond acceptors (Lipinski definition) is 4. The Bertz CT molecular complexity index is 540. The zero-order valence-electron chi connectivity index (χ0n) is 10.7. The normalized spacial score (nSPS) is 9.80. The Morgan fingerprint density at radius 3 is 2.20 bits per heavy atom. The van der Waals surface area contributed by atoms with Crippen LogP contribution >= 0.6 is 0 Å². The standard InChI is InChI=1S/C15H15NO4/c17-15(18)16-10-11-19-12-6-8-14(9-7-12)20-13-4-2-1-3-5-13/h1-9,16H,10-11H2,(H,17,18)/p-1. The first kappa shape index (κ1) is 13.7. The molecule has 0 atom stereocenters. The molecule has 2 aromatic rings. The van der Waals surface area contributed by atoms with Crippen molar-refractivity contribution >= 4 is 6.09 Å². The van der Waals surface area contributed by atoms with Crippen LogP contribution in [0.25, 0.3) is 0 Å². The average Bonchev–Trinajstić information content (AvgIpc) is 2.46. The molecule has 5 nitrogen and oxygen atoms in total. The average molecular weight is 272 g/mol. The Labute approximate surface area is 116 Å². The maximum atomic E-state index is 10.1. The second-order valence-electron chi connectivity index (χ2n) is 3.95. The third-order valence-electron chi connectivity index (χ3n) is 2.44. The third kappa shape index (κ3) is 4.53. The highest BCUT2D eigenvalue weighted by Gasteiger charge is 1.98. The van der Waals surface area contributed by atoms with Crippen molar-refractivity contribution in [3.8, 4) is 17.2 Å². The van der Waals surface area contributed by atoms with E-state index in [9.17, 15) is 9.90 Å². The first-order chi connectivity index (χ1) is 9.74. The van der Waals surface area contributed by atoms with Crippen LogP contribution in [0.1, 0.15) is 0 Å². The number of para-hydroxylation sites is 1. The van der Waals surface area contributed by atoms with Crippen LogP contribution in [-0.4, -0.2) is 19.2 Å². The Kier molecular flexibility index (Phi) is 4.83. The minimum Gasteiger partial charge on any atom is -0.530 e. The van der Waals surface area contributed by atoms with Gasteiger partial charge in [0, 0.05) is 0 Å². The summed E-state index contributed by atoms with van der Waals surface area (Å²) in [5.41, 5.74) is 0. The summed E-state index contributed by atoms with van der Waals surface area (Å²) in [5, 5.41) is 12.3. The van der Waals surface area contributed by atoms with Gasteiger partial charge in [-0.05, 0) is 36.4 Å². The van der Waals surface area contributed by atoms with Gasteiger partial charge in [-0.25, -0.2) is 0 Å². The van der Waals surface area contributed by atoms with Crippen LogP contribution in [0.2, 0.25) is 0 Å². The molecular weight excluding hydrogens is 258 g/mol. The van der Waals surface area contributed by atoms with Gasteiger partial charge >= 0.3 is 0 Å². The number of carboxylic acid groups (broad SMARTS) is 1. The molecular formula is C15H14NO4-. The van der Waals surface area contributed by atoms with Crippen LogP contribution in [0.5, 0.6) is 17.2 Å². The van der Waals surface area contributed by atoms with E-state index in [0.29, 0.717) is 11.5 Å². The van der Waals surface area contributed by atoms with Crippen molar-refractivity contribution in [2.75, 3.05) is 13.2 Å². The molecule has 0 bridgehead atoms. The van der Waals surface area contributed by atoms with Crippen LogP contribution in [0, 0.1) is 0 Å². The van der Waals surface area contributed by atoms with Gasteiger partial charge in [-0.2, -0.15) is 0 Å². The van der Waals surface area contributed by atoms with Crippen LogP contribution in [0.3, 0.4) is 0 Å². The van der Waals surface area contributed by atoms with Crippen LogP contribution < -0.4 is 19.9 Å². The lowest BCUT2D eigenvalue weighted by Gasteiger charge is -2.09. The van der Waals surface area contributed by atoms with Crippen molar-refractivity contribution in [3.05, 3.63) is 54.6 Å². The number of ether oxygens (including phenoxy) is 2. The SMILES string of the molecule is O=C([O-])NCCOc1ccc(Oc2ccccc2)cc1. The van der Waals surface area contributed by atoms with E-state index in [0.717, 1.165) is 5.75 Å². The van der Waals surface area contributed by atoms with E-state index in [1.54, 1.807) is 24.3 Å².